The number of carbonyl (C=O) groups is 2. The van der Waals surface area contributed by atoms with E-state index in [1.165, 1.54) is 13.8 Å². The SMILES string of the molecule is Cc1c([C@](C)(C(=O)O)C(C)C)c2c(F)c(O)c(F)cc2n1C(=O)c1ccc(OC(F)(F)F)cc1. The number of alkyl halides is 3. The van der Waals surface area contributed by atoms with Crippen molar-refractivity contribution in [2.24, 2.45) is 5.92 Å². The number of carbonyl (C=O) groups excluding carboxylic acids is 1. The van der Waals surface area contributed by atoms with Gasteiger partial charge in [0.05, 0.1) is 10.9 Å². The van der Waals surface area contributed by atoms with E-state index in [0.29, 0.717) is 6.07 Å². The van der Waals surface area contributed by atoms with Crippen LogP contribution in [0.4, 0.5) is 22.0 Å². The molecule has 182 valence electrons. The van der Waals surface area contributed by atoms with Crippen LogP contribution < -0.4 is 4.74 Å². The summed E-state index contributed by atoms with van der Waals surface area (Å²) in [7, 11) is 0. The maximum atomic E-state index is 15.1. The van der Waals surface area contributed by atoms with Gasteiger partial charge in [-0.2, -0.15) is 0 Å². The van der Waals surface area contributed by atoms with Crippen molar-refractivity contribution in [3.63, 3.8) is 0 Å². The minimum absolute atomic E-state index is 0.0295. The number of rotatable bonds is 5. The number of ether oxygens (including phenoxy) is 1. The molecule has 0 bridgehead atoms. The second kappa shape index (κ2) is 8.30. The molecule has 2 N–H and O–H groups in total. The predicted octanol–water partition coefficient (Wildman–Crippen LogP) is 5.52. The highest BCUT2D eigenvalue weighted by atomic mass is 19.4. The number of carboxylic acids is 1. The molecule has 0 radical (unpaired) electrons. The van der Waals surface area contributed by atoms with E-state index in [1.54, 1.807) is 13.8 Å². The van der Waals surface area contributed by atoms with Gasteiger partial charge in [0.1, 0.15) is 5.75 Å². The van der Waals surface area contributed by atoms with Crippen LogP contribution in [0.5, 0.6) is 11.5 Å². The lowest BCUT2D eigenvalue weighted by Crippen LogP contribution is -2.38. The number of fused-ring (bicyclic) bond motifs is 1. The van der Waals surface area contributed by atoms with Gasteiger partial charge in [0, 0.05) is 28.3 Å². The highest BCUT2D eigenvalue weighted by molar-refractivity contribution is 6.06. The van der Waals surface area contributed by atoms with Gasteiger partial charge in [-0.15, -0.1) is 13.2 Å². The molecule has 11 heteroatoms. The maximum absolute atomic E-state index is 15.1. The van der Waals surface area contributed by atoms with Crippen LogP contribution in [-0.4, -0.2) is 33.0 Å². The molecule has 0 amide bonds. The smallest absolute Gasteiger partial charge is 0.503 e. The van der Waals surface area contributed by atoms with Crippen LogP contribution in [-0.2, 0) is 10.2 Å². The summed E-state index contributed by atoms with van der Waals surface area (Å²) in [5.41, 5.74) is -2.41. The molecule has 0 aliphatic heterocycles. The molecular formula is C23H20F5NO5. The highest BCUT2D eigenvalue weighted by Crippen LogP contribution is 2.44. The van der Waals surface area contributed by atoms with Crippen molar-refractivity contribution in [3.8, 4) is 11.5 Å². The molecular weight excluding hydrogens is 465 g/mol. The molecule has 34 heavy (non-hydrogen) atoms. The normalized spacial score (nSPS) is 13.8. The minimum atomic E-state index is -4.94. The number of aromatic hydroxyl groups is 1. The molecule has 0 saturated heterocycles. The number of hydrogen-bond donors (Lipinski definition) is 2. The Kier molecular flexibility index (Phi) is 6.10. The van der Waals surface area contributed by atoms with Crippen molar-refractivity contribution in [1.29, 1.82) is 0 Å². The third-order valence-electron chi connectivity index (χ3n) is 6.02. The summed E-state index contributed by atoms with van der Waals surface area (Å²) in [5, 5.41) is 19.4. The molecule has 3 rings (SSSR count). The molecule has 0 aliphatic carbocycles. The van der Waals surface area contributed by atoms with Crippen molar-refractivity contribution >= 4 is 22.8 Å². The Morgan fingerprint density at radius 1 is 1.09 bits per heavy atom. The molecule has 1 aromatic heterocycles. The summed E-state index contributed by atoms with van der Waals surface area (Å²) in [6, 6.07) is 4.54. The van der Waals surface area contributed by atoms with Gasteiger partial charge in [0.15, 0.2) is 17.4 Å². The molecule has 0 saturated carbocycles. The summed E-state index contributed by atoms with van der Waals surface area (Å²) in [6.07, 6.45) is -4.94. The fourth-order valence-corrected chi connectivity index (χ4v) is 3.95. The Labute approximate surface area is 190 Å². The van der Waals surface area contributed by atoms with Gasteiger partial charge >= 0.3 is 12.3 Å². The highest BCUT2D eigenvalue weighted by Gasteiger charge is 2.44. The number of aromatic nitrogens is 1. The molecule has 0 unspecified atom stereocenters. The first-order valence-corrected chi connectivity index (χ1v) is 9.97. The molecule has 0 aliphatic rings. The number of halogens is 5. The van der Waals surface area contributed by atoms with Gasteiger partial charge in [0.25, 0.3) is 5.91 Å². The second-order valence-corrected chi connectivity index (χ2v) is 8.25. The van der Waals surface area contributed by atoms with Crippen molar-refractivity contribution in [1.82, 2.24) is 4.57 Å². The topological polar surface area (TPSA) is 88.8 Å². The lowest BCUT2D eigenvalue weighted by atomic mass is 9.72. The first kappa shape index (κ1) is 25.0. The lowest BCUT2D eigenvalue weighted by Gasteiger charge is -2.30. The van der Waals surface area contributed by atoms with E-state index in [-0.39, 0.29) is 22.3 Å². The monoisotopic (exact) mass is 485 g/mol. The molecule has 0 spiro atoms. The van der Waals surface area contributed by atoms with E-state index in [2.05, 4.69) is 4.74 Å². The van der Waals surface area contributed by atoms with Crippen molar-refractivity contribution in [2.45, 2.75) is 39.5 Å². The van der Waals surface area contributed by atoms with E-state index >= 15 is 4.39 Å². The van der Waals surface area contributed by atoms with Gasteiger partial charge in [-0.3, -0.25) is 14.2 Å². The average Bonchev–Trinajstić information content (AvgIpc) is 3.02. The Morgan fingerprint density at radius 2 is 1.65 bits per heavy atom. The second-order valence-electron chi connectivity index (χ2n) is 8.25. The Bertz CT molecular complexity index is 1290. The molecule has 1 heterocycles. The molecule has 3 aromatic rings. The van der Waals surface area contributed by atoms with E-state index in [1.807, 2.05) is 0 Å². The number of carboxylic acid groups (broad SMARTS) is 1. The standard InChI is InChI=1S/C23H20F5NO5/c1-10(2)22(4,21(32)33)17-11(3)29(15-9-14(24)19(30)18(25)16(15)17)20(31)12-5-7-13(8-6-12)34-23(26,27)28/h5-10,30H,1-4H3,(H,32,33)/t22-/m1/s1. The first-order chi connectivity index (χ1) is 15.6. The van der Waals surface area contributed by atoms with Crippen LogP contribution in [0.1, 0.15) is 42.4 Å². The summed E-state index contributed by atoms with van der Waals surface area (Å²) < 4.78 is 71.3. The van der Waals surface area contributed by atoms with Crippen LogP contribution in [0.15, 0.2) is 30.3 Å². The molecule has 6 nitrogen and oxygen atoms in total. The van der Waals surface area contributed by atoms with Gasteiger partial charge in [-0.05, 0) is 44.0 Å². The van der Waals surface area contributed by atoms with Crippen molar-refractivity contribution in [3.05, 3.63) is 58.8 Å². The van der Waals surface area contributed by atoms with Crippen molar-refractivity contribution in [2.75, 3.05) is 0 Å². The summed E-state index contributed by atoms with van der Waals surface area (Å²) in [4.78, 5) is 25.6. The predicted molar refractivity (Wildman–Crippen MR) is 111 cm³/mol. The third kappa shape index (κ3) is 3.95. The largest absolute Gasteiger partial charge is 0.573 e. The Hall–Kier alpha value is -3.63. The van der Waals surface area contributed by atoms with Gasteiger partial charge < -0.3 is 14.9 Å². The number of phenolic OH excluding ortho intramolecular Hbond substituents is 1. The number of benzene rings is 2. The summed E-state index contributed by atoms with van der Waals surface area (Å²) in [6.45, 7) is 5.80. The average molecular weight is 485 g/mol. The first-order valence-electron chi connectivity index (χ1n) is 9.97. The number of phenols is 1. The molecule has 0 fully saturated rings. The van der Waals surface area contributed by atoms with Gasteiger partial charge in [-0.25, -0.2) is 8.78 Å². The van der Waals surface area contributed by atoms with Crippen molar-refractivity contribution < 1.29 is 46.5 Å². The Morgan fingerprint density at radius 3 is 2.12 bits per heavy atom. The number of hydrogen-bond acceptors (Lipinski definition) is 4. The number of aliphatic carboxylic acids is 1. The van der Waals surface area contributed by atoms with E-state index in [0.717, 1.165) is 28.8 Å². The molecule has 2 aromatic carbocycles. The summed E-state index contributed by atoms with van der Waals surface area (Å²) in [5.74, 6) is -7.56. The summed E-state index contributed by atoms with van der Waals surface area (Å²) >= 11 is 0. The van der Waals surface area contributed by atoms with Crippen LogP contribution in [0.3, 0.4) is 0 Å². The minimum Gasteiger partial charge on any atom is -0.503 e. The van der Waals surface area contributed by atoms with E-state index < -0.39 is 58.1 Å². The fourth-order valence-electron chi connectivity index (χ4n) is 3.95. The van der Waals surface area contributed by atoms with Crippen LogP contribution in [0, 0.1) is 24.5 Å². The zero-order valence-electron chi connectivity index (χ0n) is 18.4. The third-order valence-corrected chi connectivity index (χ3v) is 6.02. The maximum Gasteiger partial charge on any atom is 0.573 e. The quantitative estimate of drug-likeness (QED) is 0.465. The fraction of sp³-hybridized carbons (Fsp3) is 0.304. The van der Waals surface area contributed by atoms with Crippen LogP contribution in [0.25, 0.3) is 10.9 Å². The zero-order valence-corrected chi connectivity index (χ0v) is 18.4. The Balaban J connectivity index is 2.32. The molecule has 1 atom stereocenters. The van der Waals surface area contributed by atoms with Crippen LogP contribution >= 0.6 is 0 Å². The van der Waals surface area contributed by atoms with Gasteiger partial charge in [-0.1, -0.05) is 13.8 Å². The van der Waals surface area contributed by atoms with E-state index in [9.17, 15) is 37.4 Å². The zero-order chi connectivity index (χ0) is 25.7. The van der Waals surface area contributed by atoms with E-state index in [4.69, 9.17) is 0 Å². The van der Waals surface area contributed by atoms with Gasteiger partial charge in [0.2, 0.25) is 0 Å². The lowest BCUT2D eigenvalue weighted by molar-refractivity contribution is -0.274. The van der Waals surface area contributed by atoms with Crippen LogP contribution in [0.2, 0.25) is 0 Å². The number of nitrogens with zero attached hydrogens (tertiary/aromatic N) is 1.